The Labute approximate surface area is 120 Å². The molecule has 20 heavy (non-hydrogen) atoms. The van der Waals surface area contributed by atoms with E-state index in [0.29, 0.717) is 6.54 Å². The van der Waals surface area contributed by atoms with Gasteiger partial charge in [0.15, 0.2) is 0 Å². The Morgan fingerprint density at radius 3 is 2.40 bits per heavy atom. The van der Waals surface area contributed by atoms with Crippen molar-refractivity contribution in [1.29, 1.82) is 0 Å². The maximum atomic E-state index is 12.4. The summed E-state index contributed by atoms with van der Waals surface area (Å²) in [5.74, 6) is 5.61. The fraction of sp³-hybridized carbons (Fsp3) is 0.467. The highest BCUT2D eigenvalue weighted by Gasteiger charge is 2.33. The summed E-state index contributed by atoms with van der Waals surface area (Å²) in [6.07, 6.45) is 3.94. The number of nitrogens with one attached hydrogen (secondary N) is 1. The first-order chi connectivity index (χ1) is 9.45. The van der Waals surface area contributed by atoms with Gasteiger partial charge in [-0.2, -0.15) is 0 Å². The third kappa shape index (κ3) is 3.60. The third-order valence-electron chi connectivity index (χ3n) is 3.59. The number of sulfonamides is 1. The summed E-state index contributed by atoms with van der Waals surface area (Å²) in [6, 6.07) is 6.57. The average Bonchev–Trinajstić information content (AvgIpc) is 2.82. The minimum Gasteiger partial charge on any atom is -0.320 e. The van der Waals surface area contributed by atoms with E-state index in [-0.39, 0.29) is 10.4 Å². The first-order valence-electron chi connectivity index (χ1n) is 6.78. The van der Waals surface area contributed by atoms with Gasteiger partial charge in [-0.15, -0.1) is 0 Å². The van der Waals surface area contributed by atoms with Crippen molar-refractivity contribution < 1.29 is 8.42 Å². The fourth-order valence-electron chi connectivity index (χ4n) is 2.51. The van der Waals surface area contributed by atoms with Crippen LogP contribution in [0.25, 0.3) is 0 Å². The van der Waals surface area contributed by atoms with Crippen LogP contribution in [-0.2, 0) is 10.0 Å². The standard InChI is InChI=1S/C15H20N2O2S/c1-15(10-2-3-11-15)17-20(18,19)14-8-6-13(7-9-14)5-4-12-16/h6-9,17H,2-3,10-12,16H2,1H3. The lowest BCUT2D eigenvalue weighted by Gasteiger charge is -2.24. The molecule has 1 aromatic carbocycles. The quantitative estimate of drug-likeness (QED) is 0.831. The van der Waals surface area contributed by atoms with Gasteiger partial charge >= 0.3 is 0 Å². The van der Waals surface area contributed by atoms with Crippen molar-refractivity contribution in [2.24, 2.45) is 5.73 Å². The van der Waals surface area contributed by atoms with Crippen LogP contribution in [0, 0.1) is 11.8 Å². The molecule has 0 radical (unpaired) electrons. The third-order valence-corrected chi connectivity index (χ3v) is 5.24. The van der Waals surface area contributed by atoms with Gasteiger partial charge in [0, 0.05) is 11.1 Å². The molecule has 1 aliphatic carbocycles. The monoisotopic (exact) mass is 292 g/mol. The molecule has 0 saturated heterocycles. The van der Waals surface area contributed by atoms with E-state index < -0.39 is 10.0 Å². The molecule has 0 aliphatic heterocycles. The van der Waals surface area contributed by atoms with E-state index in [0.717, 1.165) is 31.2 Å². The van der Waals surface area contributed by atoms with Crippen LogP contribution < -0.4 is 10.5 Å². The second-order valence-electron chi connectivity index (χ2n) is 5.40. The second kappa shape index (κ2) is 5.96. The van der Waals surface area contributed by atoms with Crippen molar-refractivity contribution in [2.45, 2.75) is 43.0 Å². The molecule has 108 valence electrons. The average molecular weight is 292 g/mol. The van der Waals surface area contributed by atoms with Crippen molar-refractivity contribution in [2.75, 3.05) is 6.54 Å². The highest BCUT2D eigenvalue weighted by Crippen LogP contribution is 2.30. The Morgan fingerprint density at radius 2 is 1.85 bits per heavy atom. The Hall–Kier alpha value is -1.35. The zero-order valence-corrected chi connectivity index (χ0v) is 12.5. The molecule has 0 amide bonds. The van der Waals surface area contributed by atoms with E-state index in [9.17, 15) is 8.42 Å². The maximum Gasteiger partial charge on any atom is 0.241 e. The van der Waals surface area contributed by atoms with E-state index >= 15 is 0 Å². The molecule has 3 N–H and O–H groups in total. The fourth-order valence-corrected chi connectivity index (χ4v) is 3.98. The van der Waals surface area contributed by atoms with Gasteiger partial charge in [-0.1, -0.05) is 24.7 Å². The largest absolute Gasteiger partial charge is 0.320 e. The molecular formula is C15H20N2O2S. The van der Waals surface area contributed by atoms with E-state index in [1.54, 1.807) is 24.3 Å². The summed E-state index contributed by atoms with van der Waals surface area (Å²) in [5, 5.41) is 0. The van der Waals surface area contributed by atoms with Crippen LogP contribution in [0.2, 0.25) is 0 Å². The van der Waals surface area contributed by atoms with Crippen LogP contribution in [0.3, 0.4) is 0 Å². The van der Waals surface area contributed by atoms with Crippen LogP contribution in [0.1, 0.15) is 38.2 Å². The summed E-state index contributed by atoms with van der Waals surface area (Å²) in [6.45, 7) is 2.26. The zero-order valence-electron chi connectivity index (χ0n) is 11.6. The summed E-state index contributed by atoms with van der Waals surface area (Å²) in [7, 11) is -3.46. The SMILES string of the molecule is CC1(NS(=O)(=O)c2ccc(C#CCN)cc2)CCCC1. The molecule has 1 aromatic rings. The number of nitrogens with two attached hydrogens (primary N) is 1. The van der Waals surface area contributed by atoms with Crippen molar-refractivity contribution in [3.63, 3.8) is 0 Å². The Bertz CT molecular complexity index is 618. The second-order valence-corrected chi connectivity index (χ2v) is 7.09. The van der Waals surface area contributed by atoms with Gasteiger partial charge in [0.25, 0.3) is 0 Å². The molecule has 4 nitrogen and oxygen atoms in total. The molecular weight excluding hydrogens is 272 g/mol. The van der Waals surface area contributed by atoms with Gasteiger partial charge in [0.2, 0.25) is 10.0 Å². The molecule has 0 aromatic heterocycles. The molecule has 2 rings (SSSR count). The Kier molecular flexibility index (Phi) is 4.48. The molecule has 1 fully saturated rings. The molecule has 0 heterocycles. The van der Waals surface area contributed by atoms with E-state index in [1.165, 1.54) is 0 Å². The highest BCUT2D eigenvalue weighted by atomic mass is 32.2. The maximum absolute atomic E-state index is 12.4. The Balaban J connectivity index is 2.17. The van der Waals surface area contributed by atoms with Gasteiger partial charge in [-0.05, 0) is 44.0 Å². The van der Waals surface area contributed by atoms with E-state index in [4.69, 9.17) is 5.73 Å². The summed E-state index contributed by atoms with van der Waals surface area (Å²) in [4.78, 5) is 0.281. The molecule has 0 bridgehead atoms. The lowest BCUT2D eigenvalue weighted by molar-refractivity contribution is 0.427. The smallest absolute Gasteiger partial charge is 0.241 e. The topological polar surface area (TPSA) is 72.2 Å². The highest BCUT2D eigenvalue weighted by molar-refractivity contribution is 7.89. The Morgan fingerprint density at radius 1 is 1.25 bits per heavy atom. The first kappa shape index (κ1) is 15.0. The van der Waals surface area contributed by atoms with Gasteiger partial charge in [0.1, 0.15) is 0 Å². The van der Waals surface area contributed by atoms with Crippen molar-refractivity contribution in [1.82, 2.24) is 4.72 Å². The number of benzene rings is 1. The van der Waals surface area contributed by atoms with E-state index in [1.807, 2.05) is 6.92 Å². The summed E-state index contributed by atoms with van der Waals surface area (Å²) in [5.41, 5.74) is 5.76. The van der Waals surface area contributed by atoms with Crippen molar-refractivity contribution in [3.8, 4) is 11.8 Å². The van der Waals surface area contributed by atoms with Crippen LogP contribution in [0.15, 0.2) is 29.2 Å². The van der Waals surface area contributed by atoms with Gasteiger partial charge < -0.3 is 5.73 Å². The summed E-state index contributed by atoms with van der Waals surface area (Å²) >= 11 is 0. The predicted molar refractivity (Wildman–Crippen MR) is 79.6 cm³/mol. The molecule has 0 atom stereocenters. The van der Waals surface area contributed by atoms with Gasteiger partial charge in [-0.3, -0.25) is 0 Å². The summed E-state index contributed by atoms with van der Waals surface area (Å²) < 4.78 is 27.5. The van der Waals surface area contributed by atoms with Gasteiger partial charge in [0.05, 0.1) is 11.4 Å². The van der Waals surface area contributed by atoms with Crippen LogP contribution in [0.5, 0.6) is 0 Å². The number of rotatable bonds is 3. The van der Waals surface area contributed by atoms with Crippen LogP contribution >= 0.6 is 0 Å². The molecule has 0 unspecified atom stereocenters. The first-order valence-corrected chi connectivity index (χ1v) is 8.27. The van der Waals surface area contributed by atoms with E-state index in [2.05, 4.69) is 16.6 Å². The number of hydrogen-bond donors (Lipinski definition) is 2. The van der Waals surface area contributed by atoms with Crippen LogP contribution in [-0.4, -0.2) is 20.5 Å². The minimum atomic E-state index is -3.46. The minimum absolute atomic E-state index is 0.281. The van der Waals surface area contributed by atoms with Crippen molar-refractivity contribution >= 4 is 10.0 Å². The predicted octanol–water partition coefficient (Wildman–Crippen LogP) is 1.61. The van der Waals surface area contributed by atoms with Gasteiger partial charge in [-0.25, -0.2) is 13.1 Å². The molecule has 0 spiro atoms. The molecule has 1 aliphatic rings. The van der Waals surface area contributed by atoms with Crippen molar-refractivity contribution in [3.05, 3.63) is 29.8 Å². The number of hydrogen-bond acceptors (Lipinski definition) is 3. The lowest BCUT2D eigenvalue weighted by atomic mass is 10.0. The lowest BCUT2D eigenvalue weighted by Crippen LogP contribution is -2.43. The van der Waals surface area contributed by atoms with Crippen LogP contribution in [0.4, 0.5) is 0 Å². The normalized spacial score (nSPS) is 17.5. The molecule has 5 heteroatoms. The zero-order chi connectivity index (χ0) is 14.6. The molecule has 1 saturated carbocycles.